The SMILES string of the molecule is CCC1CCCC(CC(=O)O)(C(C)N)CC1. The summed E-state index contributed by atoms with van der Waals surface area (Å²) in [5, 5.41) is 9.04. The molecule has 1 rings (SSSR count). The van der Waals surface area contributed by atoms with Gasteiger partial charge in [0.2, 0.25) is 0 Å². The molecule has 0 bridgehead atoms. The predicted molar refractivity (Wildman–Crippen MR) is 65.2 cm³/mol. The van der Waals surface area contributed by atoms with Crippen molar-refractivity contribution in [2.45, 2.75) is 64.8 Å². The molecule has 3 atom stereocenters. The Balaban J connectivity index is 2.73. The molecule has 0 spiro atoms. The molecule has 3 unspecified atom stereocenters. The highest BCUT2D eigenvalue weighted by Gasteiger charge is 2.38. The zero-order valence-corrected chi connectivity index (χ0v) is 10.5. The largest absolute Gasteiger partial charge is 0.481 e. The average molecular weight is 227 g/mol. The molecule has 1 saturated carbocycles. The minimum atomic E-state index is -0.702. The summed E-state index contributed by atoms with van der Waals surface area (Å²) in [5.74, 6) is 0.0710. The maximum absolute atomic E-state index is 11.0. The van der Waals surface area contributed by atoms with Gasteiger partial charge in [-0.15, -0.1) is 0 Å². The zero-order valence-electron chi connectivity index (χ0n) is 10.5. The van der Waals surface area contributed by atoms with Crippen LogP contribution in [0.5, 0.6) is 0 Å². The first-order chi connectivity index (χ1) is 7.50. The molecule has 0 saturated heterocycles. The number of carbonyl (C=O) groups is 1. The van der Waals surface area contributed by atoms with Gasteiger partial charge in [0.25, 0.3) is 0 Å². The Labute approximate surface area is 98.4 Å². The second-order valence-electron chi connectivity index (χ2n) is 5.43. The monoisotopic (exact) mass is 227 g/mol. The van der Waals surface area contributed by atoms with Crippen LogP contribution in [0, 0.1) is 11.3 Å². The molecule has 3 nitrogen and oxygen atoms in total. The number of aliphatic carboxylic acids is 1. The first kappa shape index (κ1) is 13.5. The average Bonchev–Trinajstić information content (AvgIpc) is 2.40. The molecule has 1 aliphatic rings. The third-order valence-electron chi connectivity index (χ3n) is 4.38. The van der Waals surface area contributed by atoms with E-state index in [4.69, 9.17) is 10.8 Å². The van der Waals surface area contributed by atoms with Crippen LogP contribution in [-0.4, -0.2) is 17.1 Å². The van der Waals surface area contributed by atoms with Crippen molar-refractivity contribution in [2.24, 2.45) is 17.1 Å². The van der Waals surface area contributed by atoms with E-state index in [1.165, 1.54) is 12.8 Å². The summed E-state index contributed by atoms with van der Waals surface area (Å²) < 4.78 is 0. The topological polar surface area (TPSA) is 63.3 Å². The Morgan fingerprint density at radius 3 is 2.69 bits per heavy atom. The summed E-state index contributed by atoms with van der Waals surface area (Å²) in [7, 11) is 0. The fraction of sp³-hybridized carbons (Fsp3) is 0.923. The zero-order chi connectivity index (χ0) is 12.2. The van der Waals surface area contributed by atoms with Crippen LogP contribution >= 0.6 is 0 Å². The van der Waals surface area contributed by atoms with Crippen molar-refractivity contribution in [2.75, 3.05) is 0 Å². The van der Waals surface area contributed by atoms with Gasteiger partial charge in [-0.3, -0.25) is 4.79 Å². The maximum Gasteiger partial charge on any atom is 0.303 e. The highest BCUT2D eigenvalue weighted by Crippen LogP contribution is 2.42. The van der Waals surface area contributed by atoms with Crippen molar-refractivity contribution in [1.82, 2.24) is 0 Å². The van der Waals surface area contributed by atoms with Gasteiger partial charge in [0.15, 0.2) is 0 Å². The van der Waals surface area contributed by atoms with Crippen LogP contribution in [0.2, 0.25) is 0 Å². The smallest absolute Gasteiger partial charge is 0.303 e. The molecular weight excluding hydrogens is 202 g/mol. The molecule has 3 heteroatoms. The highest BCUT2D eigenvalue weighted by molar-refractivity contribution is 5.67. The molecule has 0 aromatic carbocycles. The molecule has 16 heavy (non-hydrogen) atoms. The van der Waals surface area contributed by atoms with Crippen LogP contribution < -0.4 is 5.73 Å². The van der Waals surface area contributed by atoms with E-state index in [9.17, 15) is 4.79 Å². The number of rotatable bonds is 4. The summed E-state index contributed by atoms with van der Waals surface area (Å²) in [6.07, 6.45) is 6.93. The van der Waals surface area contributed by atoms with Crippen LogP contribution in [0.25, 0.3) is 0 Å². The van der Waals surface area contributed by atoms with Crippen molar-refractivity contribution in [1.29, 1.82) is 0 Å². The lowest BCUT2D eigenvalue weighted by Crippen LogP contribution is -2.41. The molecule has 0 aliphatic heterocycles. The third kappa shape index (κ3) is 3.21. The van der Waals surface area contributed by atoms with Crippen LogP contribution in [0.1, 0.15) is 58.8 Å². The van der Waals surface area contributed by atoms with Crippen LogP contribution in [0.15, 0.2) is 0 Å². The van der Waals surface area contributed by atoms with Gasteiger partial charge in [0, 0.05) is 6.04 Å². The van der Waals surface area contributed by atoms with Crippen molar-refractivity contribution in [3.63, 3.8) is 0 Å². The van der Waals surface area contributed by atoms with Gasteiger partial charge in [-0.05, 0) is 37.5 Å². The Morgan fingerprint density at radius 2 is 2.19 bits per heavy atom. The molecule has 3 N–H and O–H groups in total. The Morgan fingerprint density at radius 1 is 1.50 bits per heavy atom. The van der Waals surface area contributed by atoms with Crippen LogP contribution in [0.3, 0.4) is 0 Å². The third-order valence-corrected chi connectivity index (χ3v) is 4.38. The van der Waals surface area contributed by atoms with Gasteiger partial charge in [0.1, 0.15) is 0 Å². The number of hydrogen-bond acceptors (Lipinski definition) is 2. The molecule has 0 radical (unpaired) electrons. The van der Waals surface area contributed by atoms with Gasteiger partial charge in [-0.1, -0.05) is 26.2 Å². The number of hydrogen-bond donors (Lipinski definition) is 2. The van der Waals surface area contributed by atoms with E-state index in [-0.39, 0.29) is 17.9 Å². The Bertz CT molecular complexity index is 240. The molecule has 0 amide bonds. The minimum absolute atomic E-state index is 0.0146. The van der Waals surface area contributed by atoms with Gasteiger partial charge >= 0.3 is 5.97 Å². The first-order valence-corrected chi connectivity index (χ1v) is 6.47. The first-order valence-electron chi connectivity index (χ1n) is 6.47. The summed E-state index contributed by atoms with van der Waals surface area (Å²) in [6.45, 7) is 4.19. The van der Waals surface area contributed by atoms with E-state index in [1.807, 2.05) is 6.92 Å². The number of carboxylic acid groups (broad SMARTS) is 1. The Hall–Kier alpha value is -0.570. The maximum atomic E-state index is 11.0. The Kier molecular flexibility index (Phi) is 4.78. The summed E-state index contributed by atoms with van der Waals surface area (Å²) in [4.78, 5) is 11.0. The second kappa shape index (κ2) is 5.67. The fourth-order valence-electron chi connectivity index (χ4n) is 3.01. The summed E-state index contributed by atoms with van der Waals surface area (Å²) in [6, 6.07) is -0.0146. The lowest BCUT2D eigenvalue weighted by Gasteiger charge is -2.35. The molecule has 94 valence electrons. The van der Waals surface area contributed by atoms with E-state index in [2.05, 4.69) is 6.92 Å². The van der Waals surface area contributed by atoms with Crippen molar-refractivity contribution in [3.05, 3.63) is 0 Å². The van der Waals surface area contributed by atoms with Crippen LogP contribution in [0.4, 0.5) is 0 Å². The molecule has 0 aromatic rings. The second-order valence-corrected chi connectivity index (χ2v) is 5.43. The van der Waals surface area contributed by atoms with E-state index in [1.54, 1.807) is 0 Å². The van der Waals surface area contributed by atoms with Crippen molar-refractivity contribution in [3.8, 4) is 0 Å². The number of nitrogens with two attached hydrogens (primary N) is 1. The van der Waals surface area contributed by atoms with E-state index in [0.29, 0.717) is 0 Å². The van der Waals surface area contributed by atoms with Gasteiger partial charge in [-0.25, -0.2) is 0 Å². The highest BCUT2D eigenvalue weighted by atomic mass is 16.4. The standard InChI is InChI=1S/C13H25NO2/c1-3-11-5-4-7-13(8-6-11,10(2)14)9-12(15)16/h10-11H,3-9,14H2,1-2H3,(H,15,16). The quantitative estimate of drug-likeness (QED) is 0.726. The summed E-state index contributed by atoms with van der Waals surface area (Å²) >= 11 is 0. The fourth-order valence-corrected chi connectivity index (χ4v) is 3.01. The molecule has 1 aliphatic carbocycles. The van der Waals surface area contributed by atoms with Crippen molar-refractivity contribution >= 4 is 5.97 Å². The molecule has 1 fully saturated rings. The van der Waals surface area contributed by atoms with E-state index >= 15 is 0 Å². The summed E-state index contributed by atoms with van der Waals surface area (Å²) in [5.41, 5.74) is 5.89. The molecule has 0 aromatic heterocycles. The van der Waals surface area contributed by atoms with Gasteiger partial charge in [-0.2, -0.15) is 0 Å². The van der Waals surface area contributed by atoms with E-state index in [0.717, 1.165) is 31.6 Å². The molecular formula is C13H25NO2. The molecule has 0 heterocycles. The van der Waals surface area contributed by atoms with Crippen molar-refractivity contribution < 1.29 is 9.90 Å². The number of carboxylic acids is 1. The lowest BCUT2D eigenvalue weighted by atomic mass is 9.72. The predicted octanol–water partition coefficient (Wildman–Crippen LogP) is 2.79. The lowest BCUT2D eigenvalue weighted by molar-refractivity contribution is -0.140. The van der Waals surface area contributed by atoms with Gasteiger partial charge < -0.3 is 10.8 Å². The van der Waals surface area contributed by atoms with E-state index < -0.39 is 5.97 Å². The minimum Gasteiger partial charge on any atom is -0.481 e. The normalized spacial score (nSPS) is 33.1. The van der Waals surface area contributed by atoms with Crippen LogP contribution in [-0.2, 0) is 4.79 Å². The van der Waals surface area contributed by atoms with Gasteiger partial charge in [0.05, 0.1) is 6.42 Å².